The molecule has 0 aliphatic rings. The van der Waals surface area contributed by atoms with E-state index in [0.717, 1.165) is 6.42 Å². The van der Waals surface area contributed by atoms with Gasteiger partial charge in [0.25, 0.3) is 0 Å². The fourth-order valence-electron chi connectivity index (χ4n) is 5.68. The Kier molecular flexibility index (Phi) is 7.96. The first-order valence-electron chi connectivity index (χ1n) is 13.8. The molecule has 0 saturated carbocycles. The van der Waals surface area contributed by atoms with Crippen LogP contribution in [-0.4, -0.2) is 0 Å². The summed E-state index contributed by atoms with van der Waals surface area (Å²) in [4.78, 5) is 0. The summed E-state index contributed by atoms with van der Waals surface area (Å²) in [6.45, 7) is 38.2. The molecule has 0 saturated heterocycles. The third kappa shape index (κ3) is 6.42. The van der Waals surface area contributed by atoms with Crippen LogP contribution in [0.2, 0.25) is 0 Å². The Bertz CT molecular complexity index is 978. The zero-order valence-electron chi connectivity index (χ0n) is 26.2. The number of hydrogen-bond acceptors (Lipinski definition) is 0. The third-order valence-corrected chi connectivity index (χ3v) is 7.39. The first kappa shape index (κ1) is 29.7. The van der Waals surface area contributed by atoms with Crippen molar-refractivity contribution < 1.29 is 0 Å². The minimum Gasteiger partial charge on any atom is -0.0645 e. The van der Waals surface area contributed by atoms with E-state index in [-0.39, 0.29) is 27.1 Å². The second-order valence-corrected chi connectivity index (χ2v) is 16.0. The van der Waals surface area contributed by atoms with E-state index in [9.17, 15) is 0 Å². The van der Waals surface area contributed by atoms with Gasteiger partial charge in [-0.2, -0.15) is 0 Å². The largest absolute Gasteiger partial charge is 0.0645 e. The predicted molar refractivity (Wildman–Crippen MR) is 159 cm³/mol. The van der Waals surface area contributed by atoms with Crippen LogP contribution < -0.4 is 0 Å². The lowest BCUT2D eigenvalue weighted by molar-refractivity contribution is 0.485. The second kappa shape index (κ2) is 9.39. The zero-order chi connectivity index (χ0) is 27.4. The van der Waals surface area contributed by atoms with E-state index in [0.29, 0.717) is 5.92 Å². The van der Waals surface area contributed by atoms with Crippen LogP contribution in [0, 0.1) is 0 Å². The predicted octanol–water partition coefficient (Wildman–Crippen LogP) is 10.7. The maximum absolute atomic E-state index is 2.59. The Morgan fingerprint density at radius 1 is 0.543 bits per heavy atom. The molecular weight excluding hydrogens is 420 g/mol. The molecule has 1 atom stereocenters. The molecule has 0 heteroatoms. The molecule has 2 aromatic carbocycles. The molecule has 0 aliphatic carbocycles. The maximum atomic E-state index is 2.59. The molecule has 0 N–H and O–H groups in total. The van der Waals surface area contributed by atoms with Gasteiger partial charge in [0.15, 0.2) is 0 Å². The van der Waals surface area contributed by atoms with Gasteiger partial charge in [-0.1, -0.05) is 141 Å². The monoisotopic (exact) mass is 476 g/mol. The molecule has 1 unspecified atom stereocenters. The van der Waals surface area contributed by atoms with Gasteiger partial charge < -0.3 is 0 Å². The van der Waals surface area contributed by atoms with Crippen molar-refractivity contribution in [3.63, 3.8) is 0 Å². The van der Waals surface area contributed by atoms with Crippen molar-refractivity contribution in [3.05, 3.63) is 69.3 Å². The SMILES string of the molecule is CCC(c1cccc(C(C)(C)C)c1)c1c(C(C)(C)C)c(C(C)(C)C)cc(C(C)(C)C)c1C(C)(C)C. The topological polar surface area (TPSA) is 0 Å². The maximum Gasteiger partial charge on any atom is 0.00929 e. The Hall–Kier alpha value is -1.56. The van der Waals surface area contributed by atoms with E-state index in [1.54, 1.807) is 16.7 Å². The van der Waals surface area contributed by atoms with Crippen molar-refractivity contribution in [2.45, 2.75) is 150 Å². The van der Waals surface area contributed by atoms with Gasteiger partial charge in [-0.3, -0.25) is 0 Å². The standard InChI is InChI=1S/C35H56/c1-17-25(23-19-18-20-24(21-23)31(2,3)4)28-29(34(11,12)13)26(32(5,6)7)22-27(33(8,9)10)30(28)35(14,15)16/h18-22,25H,17H2,1-16H3. The Morgan fingerprint density at radius 3 is 1.29 bits per heavy atom. The minimum atomic E-state index is 0.0451. The van der Waals surface area contributed by atoms with Crippen LogP contribution in [0.5, 0.6) is 0 Å². The van der Waals surface area contributed by atoms with Gasteiger partial charge in [-0.05, 0) is 72.4 Å². The smallest absolute Gasteiger partial charge is 0.00929 e. The van der Waals surface area contributed by atoms with Crippen LogP contribution in [-0.2, 0) is 27.1 Å². The molecule has 0 bridgehead atoms. The second-order valence-electron chi connectivity index (χ2n) is 16.0. The Labute approximate surface area is 219 Å². The molecule has 0 heterocycles. The molecule has 196 valence electrons. The zero-order valence-corrected chi connectivity index (χ0v) is 26.2. The highest BCUT2D eigenvalue weighted by atomic mass is 14.4. The highest BCUT2D eigenvalue weighted by molar-refractivity contribution is 5.59. The lowest BCUT2D eigenvalue weighted by Crippen LogP contribution is -2.32. The van der Waals surface area contributed by atoms with Crippen LogP contribution in [0.3, 0.4) is 0 Å². The summed E-state index contributed by atoms with van der Waals surface area (Å²) in [7, 11) is 0. The van der Waals surface area contributed by atoms with Crippen LogP contribution in [0.15, 0.2) is 30.3 Å². The number of benzene rings is 2. The first-order chi connectivity index (χ1) is 15.5. The van der Waals surface area contributed by atoms with Crippen molar-refractivity contribution in [2.75, 3.05) is 0 Å². The summed E-state index contributed by atoms with van der Waals surface area (Å²) in [6, 6.07) is 12.0. The van der Waals surface area contributed by atoms with Crippen molar-refractivity contribution in [1.29, 1.82) is 0 Å². The average Bonchev–Trinajstić information content (AvgIpc) is 2.64. The van der Waals surface area contributed by atoms with E-state index in [4.69, 9.17) is 0 Å². The van der Waals surface area contributed by atoms with Gasteiger partial charge in [0.1, 0.15) is 0 Å². The van der Waals surface area contributed by atoms with Gasteiger partial charge in [0.2, 0.25) is 0 Å². The minimum absolute atomic E-state index is 0.0451. The quantitative estimate of drug-likeness (QED) is 0.413. The van der Waals surface area contributed by atoms with Crippen molar-refractivity contribution in [1.82, 2.24) is 0 Å². The van der Waals surface area contributed by atoms with Gasteiger partial charge >= 0.3 is 0 Å². The van der Waals surface area contributed by atoms with Gasteiger partial charge in [0.05, 0.1) is 0 Å². The van der Waals surface area contributed by atoms with Crippen LogP contribution >= 0.6 is 0 Å². The molecular formula is C35H56. The Balaban J connectivity index is 3.23. The Morgan fingerprint density at radius 2 is 0.971 bits per heavy atom. The summed E-state index contributed by atoms with van der Waals surface area (Å²) in [6.07, 6.45) is 1.09. The average molecular weight is 477 g/mol. The van der Waals surface area contributed by atoms with Crippen LogP contribution in [0.25, 0.3) is 0 Å². The molecule has 0 fully saturated rings. The summed E-state index contributed by atoms with van der Waals surface area (Å²) in [5.74, 6) is 0.365. The molecule has 0 aromatic heterocycles. The summed E-state index contributed by atoms with van der Waals surface area (Å²) in [5.41, 5.74) is 11.0. The van der Waals surface area contributed by atoms with Gasteiger partial charge in [-0.25, -0.2) is 0 Å². The molecule has 2 aromatic rings. The van der Waals surface area contributed by atoms with E-state index >= 15 is 0 Å². The summed E-state index contributed by atoms with van der Waals surface area (Å²) < 4.78 is 0. The lowest BCUT2D eigenvalue weighted by atomic mass is 9.62. The lowest BCUT2D eigenvalue weighted by Gasteiger charge is -2.42. The van der Waals surface area contributed by atoms with Crippen molar-refractivity contribution >= 4 is 0 Å². The van der Waals surface area contributed by atoms with E-state index in [1.165, 1.54) is 22.3 Å². The molecule has 2 rings (SSSR count). The van der Waals surface area contributed by atoms with E-state index < -0.39 is 0 Å². The molecule has 0 aliphatic heterocycles. The molecule has 0 nitrogen and oxygen atoms in total. The number of hydrogen-bond donors (Lipinski definition) is 0. The fraction of sp³-hybridized carbons (Fsp3) is 0.657. The highest BCUT2D eigenvalue weighted by Gasteiger charge is 2.38. The normalized spacial score (nSPS) is 14.9. The molecule has 0 radical (unpaired) electrons. The van der Waals surface area contributed by atoms with Crippen LogP contribution in [0.4, 0.5) is 0 Å². The number of rotatable bonds is 3. The molecule has 0 amide bonds. The molecule has 0 spiro atoms. The molecule has 35 heavy (non-hydrogen) atoms. The summed E-state index contributed by atoms with van der Waals surface area (Å²) >= 11 is 0. The van der Waals surface area contributed by atoms with Crippen LogP contribution in [0.1, 0.15) is 162 Å². The van der Waals surface area contributed by atoms with E-state index in [2.05, 4.69) is 141 Å². The van der Waals surface area contributed by atoms with Gasteiger partial charge in [0, 0.05) is 5.92 Å². The van der Waals surface area contributed by atoms with Gasteiger partial charge in [-0.15, -0.1) is 0 Å². The van der Waals surface area contributed by atoms with Crippen molar-refractivity contribution in [2.24, 2.45) is 0 Å². The first-order valence-corrected chi connectivity index (χ1v) is 13.8. The fourth-order valence-corrected chi connectivity index (χ4v) is 5.68. The highest BCUT2D eigenvalue weighted by Crippen LogP contribution is 2.50. The van der Waals surface area contributed by atoms with E-state index in [1.807, 2.05) is 0 Å². The summed E-state index contributed by atoms with van der Waals surface area (Å²) in [5, 5.41) is 0. The van der Waals surface area contributed by atoms with Crippen molar-refractivity contribution in [3.8, 4) is 0 Å². The third-order valence-electron chi connectivity index (χ3n) is 7.39.